The molecule has 6 unspecified atom stereocenters. The number of aliphatic hydroxyl groups is 4. The van der Waals surface area contributed by atoms with Crippen molar-refractivity contribution in [2.45, 2.75) is 185 Å². The second-order valence-electron chi connectivity index (χ2n) is 14.4. The molecule has 0 radical (unpaired) electrons. The van der Waals surface area contributed by atoms with Crippen molar-refractivity contribution in [2.75, 3.05) is 26.4 Å². The van der Waals surface area contributed by atoms with E-state index in [0.717, 1.165) is 83.5 Å². The van der Waals surface area contributed by atoms with E-state index in [0.29, 0.717) is 13.0 Å². The third-order valence-corrected chi connectivity index (χ3v) is 9.39. The van der Waals surface area contributed by atoms with Crippen molar-refractivity contribution in [1.29, 1.82) is 0 Å². The van der Waals surface area contributed by atoms with Gasteiger partial charge >= 0.3 is 5.97 Å². The third-order valence-electron chi connectivity index (χ3n) is 9.39. The Bertz CT molecular complexity index is 1060. The maximum Gasteiger partial charge on any atom is 0.306 e. The lowest BCUT2D eigenvalue weighted by Crippen LogP contribution is -2.59. The number of ether oxygens (including phenoxy) is 4. The smallest absolute Gasteiger partial charge is 0.306 e. The van der Waals surface area contributed by atoms with Crippen molar-refractivity contribution >= 4 is 5.97 Å². The van der Waals surface area contributed by atoms with Crippen LogP contribution in [-0.2, 0) is 23.7 Å². The molecule has 0 spiro atoms. The summed E-state index contributed by atoms with van der Waals surface area (Å²) < 4.78 is 22.6. The van der Waals surface area contributed by atoms with Gasteiger partial charge in [0.15, 0.2) is 6.29 Å². The molecule has 0 saturated carbocycles. The molecule has 0 aliphatic carbocycles. The monoisotopic (exact) mass is 775 g/mol. The number of carbonyl (C=O) groups is 1. The van der Waals surface area contributed by atoms with Crippen LogP contribution >= 0.6 is 0 Å². The molecule has 0 bridgehead atoms. The van der Waals surface area contributed by atoms with Crippen molar-refractivity contribution < 1.29 is 44.2 Å². The zero-order valence-corrected chi connectivity index (χ0v) is 34.4. The summed E-state index contributed by atoms with van der Waals surface area (Å²) in [6, 6.07) is 0. The van der Waals surface area contributed by atoms with Gasteiger partial charge in [-0.15, -0.1) is 0 Å². The number of hydrogen-bond donors (Lipinski definition) is 4. The van der Waals surface area contributed by atoms with Gasteiger partial charge < -0.3 is 39.4 Å². The van der Waals surface area contributed by atoms with E-state index in [9.17, 15) is 25.2 Å². The molecular formula is C46H78O9. The lowest BCUT2D eigenvalue weighted by Gasteiger charge is -2.39. The minimum Gasteiger partial charge on any atom is -0.457 e. The van der Waals surface area contributed by atoms with Crippen molar-refractivity contribution in [2.24, 2.45) is 0 Å². The van der Waals surface area contributed by atoms with Crippen LogP contribution in [0, 0.1) is 0 Å². The minimum atomic E-state index is -1.54. The van der Waals surface area contributed by atoms with Crippen LogP contribution in [0.5, 0.6) is 0 Å². The van der Waals surface area contributed by atoms with E-state index in [1.807, 2.05) is 0 Å². The van der Waals surface area contributed by atoms with Gasteiger partial charge in [-0.2, -0.15) is 0 Å². The number of esters is 1. The first-order valence-corrected chi connectivity index (χ1v) is 21.5. The Morgan fingerprint density at radius 2 is 1.11 bits per heavy atom. The van der Waals surface area contributed by atoms with Gasteiger partial charge in [0.25, 0.3) is 0 Å². The van der Waals surface area contributed by atoms with Crippen LogP contribution in [-0.4, -0.2) is 89.6 Å². The molecule has 1 aliphatic heterocycles. The lowest BCUT2D eigenvalue weighted by atomic mass is 9.99. The highest BCUT2D eigenvalue weighted by molar-refractivity contribution is 5.69. The molecule has 0 aromatic carbocycles. The van der Waals surface area contributed by atoms with Gasteiger partial charge in [0.05, 0.1) is 19.8 Å². The van der Waals surface area contributed by atoms with Gasteiger partial charge in [-0.25, -0.2) is 0 Å². The second kappa shape index (κ2) is 37.2. The summed E-state index contributed by atoms with van der Waals surface area (Å²) in [6.45, 7) is 4.37. The van der Waals surface area contributed by atoms with Crippen LogP contribution < -0.4 is 0 Å². The summed E-state index contributed by atoms with van der Waals surface area (Å²) in [7, 11) is 0. The quantitative estimate of drug-likeness (QED) is 0.0282. The molecule has 316 valence electrons. The fourth-order valence-corrected chi connectivity index (χ4v) is 6.02. The van der Waals surface area contributed by atoms with E-state index >= 15 is 0 Å². The number of rotatable bonds is 35. The average Bonchev–Trinajstić information content (AvgIpc) is 3.18. The number of allylic oxidation sites excluding steroid dienone is 12. The highest BCUT2D eigenvalue weighted by atomic mass is 16.7. The Labute approximate surface area is 334 Å². The molecule has 9 heteroatoms. The standard InChI is InChI=1S/C46H78O9/c1-3-5-7-9-11-12-13-14-15-16-17-18-19-20-21-22-23-24-25-26-27-28-29-31-33-35-42(48)54-40(38-52-36-34-32-30-10-8-6-4-2)39-53-46-45(51)44(50)43(49)41(37-47)55-46/h5,7,11-12,14-15,17-18,20-21,23-24,40-41,43-47,49-51H,3-4,6,8-10,13,16,19,22,25-39H2,1-2H3/b7-5-,12-11-,15-14-,18-17-,21-20-,24-23-. The van der Waals surface area contributed by atoms with Gasteiger partial charge in [-0.3, -0.25) is 4.79 Å². The van der Waals surface area contributed by atoms with E-state index in [4.69, 9.17) is 18.9 Å². The minimum absolute atomic E-state index is 0.123. The third kappa shape index (κ3) is 28.6. The first-order valence-electron chi connectivity index (χ1n) is 21.5. The molecule has 0 amide bonds. The van der Waals surface area contributed by atoms with Crippen LogP contribution in [0.25, 0.3) is 0 Å². The summed E-state index contributed by atoms with van der Waals surface area (Å²) in [6.07, 6.45) is 40.9. The highest BCUT2D eigenvalue weighted by Crippen LogP contribution is 2.22. The molecule has 6 atom stereocenters. The lowest BCUT2D eigenvalue weighted by molar-refractivity contribution is -0.305. The average molecular weight is 775 g/mol. The maximum atomic E-state index is 12.7. The van der Waals surface area contributed by atoms with E-state index in [1.165, 1.54) is 44.9 Å². The Hall–Kier alpha value is -2.37. The van der Waals surface area contributed by atoms with E-state index < -0.39 is 43.4 Å². The summed E-state index contributed by atoms with van der Waals surface area (Å²) >= 11 is 0. The SMILES string of the molecule is CC/C=C\C/C=C\C/C=C\C/C=C\C/C=C\C/C=C\CCCCCCCCC(=O)OC(COCCCCCCCCC)COC1OC(CO)C(O)C(O)C1O. The predicted molar refractivity (Wildman–Crippen MR) is 224 cm³/mol. The second-order valence-corrected chi connectivity index (χ2v) is 14.4. The summed E-state index contributed by atoms with van der Waals surface area (Å²) in [5.74, 6) is -0.334. The number of aliphatic hydroxyl groups excluding tert-OH is 4. The van der Waals surface area contributed by atoms with Gasteiger partial charge in [0.1, 0.15) is 30.5 Å². The first kappa shape index (κ1) is 50.6. The molecule has 1 heterocycles. The Kier molecular flexibility index (Phi) is 34.3. The molecule has 1 aliphatic rings. The first-order chi connectivity index (χ1) is 26.9. The summed E-state index contributed by atoms with van der Waals surface area (Å²) in [5, 5.41) is 39.9. The Balaban J connectivity index is 2.21. The normalized spacial score (nSPS) is 21.5. The zero-order chi connectivity index (χ0) is 40.0. The number of carbonyl (C=O) groups excluding carboxylic acids is 1. The molecule has 1 saturated heterocycles. The van der Waals surface area contributed by atoms with Gasteiger partial charge in [0, 0.05) is 13.0 Å². The van der Waals surface area contributed by atoms with E-state index in [2.05, 4.69) is 86.8 Å². The van der Waals surface area contributed by atoms with Crippen LogP contribution in [0.4, 0.5) is 0 Å². The van der Waals surface area contributed by atoms with E-state index in [-0.39, 0.29) is 19.2 Å². The number of unbranched alkanes of at least 4 members (excludes halogenated alkanes) is 12. The van der Waals surface area contributed by atoms with Crippen LogP contribution in [0.3, 0.4) is 0 Å². The van der Waals surface area contributed by atoms with Gasteiger partial charge in [0.2, 0.25) is 0 Å². The molecule has 1 rings (SSSR count). The molecule has 55 heavy (non-hydrogen) atoms. The summed E-state index contributed by atoms with van der Waals surface area (Å²) in [4.78, 5) is 12.7. The van der Waals surface area contributed by atoms with Crippen LogP contribution in [0.15, 0.2) is 72.9 Å². The van der Waals surface area contributed by atoms with Crippen molar-refractivity contribution in [3.05, 3.63) is 72.9 Å². The van der Waals surface area contributed by atoms with Crippen LogP contribution in [0.2, 0.25) is 0 Å². The molecular weight excluding hydrogens is 696 g/mol. The largest absolute Gasteiger partial charge is 0.457 e. The van der Waals surface area contributed by atoms with Crippen molar-refractivity contribution in [3.63, 3.8) is 0 Å². The fourth-order valence-electron chi connectivity index (χ4n) is 6.02. The molecule has 0 aromatic rings. The Morgan fingerprint density at radius 3 is 1.67 bits per heavy atom. The highest BCUT2D eigenvalue weighted by Gasteiger charge is 2.44. The van der Waals surface area contributed by atoms with Crippen molar-refractivity contribution in [1.82, 2.24) is 0 Å². The predicted octanol–water partition coefficient (Wildman–Crippen LogP) is 9.30. The zero-order valence-electron chi connectivity index (χ0n) is 34.4. The van der Waals surface area contributed by atoms with Gasteiger partial charge in [-0.1, -0.05) is 151 Å². The fraction of sp³-hybridized carbons (Fsp3) is 0.717. The van der Waals surface area contributed by atoms with Crippen LogP contribution in [0.1, 0.15) is 149 Å². The molecule has 0 aromatic heterocycles. The van der Waals surface area contributed by atoms with Crippen molar-refractivity contribution in [3.8, 4) is 0 Å². The topological polar surface area (TPSA) is 135 Å². The summed E-state index contributed by atoms with van der Waals surface area (Å²) in [5.41, 5.74) is 0. The maximum absolute atomic E-state index is 12.7. The molecule has 1 fully saturated rings. The number of hydrogen-bond acceptors (Lipinski definition) is 9. The molecule has 4 N–H and O–H groups in total. The Morgan fingerprint density at radius 1 is 0.600 bits per heavy atom. The molecule has 9 nitrogen and oxygen atoms in total. The van der Waals surface area contributed by atoms with E-state index in [1.54, 1.807) is 0 Å². The van der Waals surface area contributed by atoms with Gasteiger partial charge in [-0.05, 0) is 64.2 Å².